The first-order valence-corrected chi connectivity index (χ1v) is 11.5. The van der Waals surface area contributed by atoms with Crippen molar-refractivity contribution in [2.24, 2.45) is 0 Å². The van der Waals surface area contributed by atoms with Crippen molar-refractivity contribution in [1.29, 1.82) is 0 Å². The summed E-state index contributed by atoms with van der Waals surface area (Å²) in [7, 11) is -0.420. The minimum Gasteiger partial charge on any atom is -1.00 e. The molecule has 5 heteroatoms. The molecule has 0 atom stereocenters. The van der Waals surface area contributed by atoms with E-state index >= 15 is 0 Å². The molecule has 2 aromatic rings. The summed E-state index contributed by atoms with van der Waals surface area (Å²) in [5.41, 5.74) is 4.25. The zero-order valence-corrected chi connectivity index (χ0v) is 18.2. The predicted octanol–water partition coefficient (Wildman–Crippen LogP) is -4.23. The van der Waals surface area contributed by atoms with E-state index in [9.17, 15) is 0 Å². The van der Waals surface area contributed by atoms with Crippen LogP contribution in [0.2, 0.25) is 13.1 Å². The molecule has 1 aromatic heterocycles. The van der Waals surface area contributed by atoms with Crippen molar-refractivity contribution in [2.45, 2.75) is 33.9 Å². The van der Waals surface area contributed by atoms with Crippen LogP contribution >= 0.6 is 0 Å². The molecule has 1 nitrogen and oxygen atoms in total. The molecule has 0 unspecified atom stereocenters. The summed E-state index contributed by atoms with van der Waals surface area (Å²) in [4.78, 5) is 3.65. The molecule has 0 bridgehead atoms. The average Bonchev–Trinajstić information content (AvgIpc) is 2.94. The van der Waals surface area contributed by atoms with Gasteiger partial charge < -0.3 is 24.8 Å². The fraction of sp³-hybridized carbons (Fsp3) is 0.278. The first-order valence-electron chi connectivity index (χ1n) is 7.40. The number of nitrogens with one attached hydrogen (secondary N) is 1. The van der Waals surface area contributed by atoms with Gasteiger partial charge in [0.05, 0.1) is 0 Å². The molecule has 1 aromatic carbocycles. The number of hydrogen-bond donors (Lipinski definition) is 1. The first kappa shape index (κ1) is 20.7. The molecule has 0 saturated heterocycles. The number of aromatic nitrogens is 1. The van der Waals surface area contributed by atoms with Gasteiger partial charge in [0.2, 0.25) is 0 Å². The number of H-pyrrole nitrogens is 1. The second-order valence-electron chi connectivity index (χ2n) is 6.02. The van der Waals surface area contributed by atoms with Gasteiger partial charge in [0.15, 0.2) is 0 Å². The summed E-state index contributed by atoms with van der Waals surface area (Å²) >= 11 is -0.298. The van der Waals surface area contributed by atoms with E-state index in [0.717, 1.165) is 0 Å². The quantitative estimate of drug-likeness (QED) is 0.494. The minimum atomic E-state index is -0.420. The van der Waals surface area contributed by atoms with E-state index in [0.29, 0.717) is 0 Å². The van der Waals surface area contributed by atoms with Crippen molar-refractivity contribution in [3.8, 4) is 0 Å². The van der Waals surface area contributed by atoms with Crippen LogP contribution in [0.15, 0.2) is 24.3 Å². The standard InChI is InChI=1S/C11H11Si.C7H10N.2ClH.Ti/c1-12(2)11-7-9-5-3-4-6-10(9)8-11;1-5-4-8-7(3)6(5)2;;;/h3-7H,1-2H3;8H,1-3H3;2*1H;/q;;;;+2/p-2. The maximum Gasteiger partial charge on any atom is -1.00 e. The fourth-order valence-corrected chi connectivity index (χ4v) is 7.61. The normalized spacial score (nSPS) is 11.9. The molecule has 120 valence electrons. The summed E-state index contributed by atoms with van der Waals surface area (Å²) in [5.74, 6) is 0. The van der Waals surface area contributed by atoms with Gasteiger partial charge in [0.25, 0.3) is 0 Å². The molecule has 3 rings (SSSR count). The topological polar surface area (TPSA) is 15.8 Å². The van der Waals surface area contributed by atoms with Crippen molar-refractivity contribution in [3.63, 3.8) is 0 Å². The van der Waals surface area contributed by atoms with Crippen LogP contribution in [0.25, 0.3) is 9.95 Å². The van der Waals surface area contributed by atoms with Crippen molar-refractivity contribution in [1.82, 2.24) is 4.98 Å². The van der Waals surface area contributed by atoms with Crippen LogP contribution in [0, 0.1) is 20.8 Å². The van der Waals surface area contributed by atoms with Crippen molar-refractivity contribution in [3.05, 3.63) is 51.5 Å². The van der Waals surface area contributed by atoms with Crippen LogP contribution in [0.3, 0.4) is 0 Å². The molecule has 0 amide bonds. The number of rotatable bonds is 2. The molecule has 0 spiro atoms. The SMILES string of the molecule is Cc1[nH][c]([Ti+2][C]2=c3ccccc3=CC2=[Si](C)C)c(C)c1C.[Cl-].[Cl-]. The van der Waals surface area contributed by atoms with E-state index in [1.165, 1.54) is 31.3 Å². The largest absolute Gasteiger partial charge is 1.00 e. The Bertz CT molecular complexity index is 877. The first-order chi connectivity index (χ1) is 9.99. The van der Waals surface area contributed by atoms with Crippen molar-refractivity contribution >= 4 is 27.5 Å². The maximum absolute atomic E-state index is 3.65. The molecule has 0 saturated carbocycles. The smallest absolute Gasteiger partial charge is 1.00 e. The van der Waals surface area contributed by atoms with Gasteiger partial charge in [0, 0.05) is 0 Å². The average molecular weight is 398 g/mol. The molecule has 23 heavy (non-hydrogen) atoms. The van der Waals surface area contributed by atoms with E-state index in [4.69, 9.17) is 0 Å². The van der Waals surface area contributed by atoms with Crippen LogP contribution in [-0.4, -0.2) is 18.6 Å². The third kappa shape index (κ3) is 3.83. The van der Waals surface area contributed by atoms with Gasteiger partial charge in [0.1, 0.15) is 0 Å². The fourth-order valence-electron chi connectivity index (χ4n) is 2.85. The second-order valence-corrected chi connectivity index (χ2v) is 10.5. The van der Waals surface area contributed by atoms with Crippen molar-refractivity contribution in [2.75, 3.05) is 0 Å². The monoisotopic (exact) mass is 397 g/mol. The summed E-state index contributed by atoms with van der Waals surface area (Å²) in [6.45, 7) is 11.5. The van der Waals surface area contributed by atoms with Gasteiger partial charge in [-0.15, -0.1) is 0 Å². The van der Waals surface area contributed by atoms with Crippen LogP contribution < -0.4 is 39.3 Å². The van der Waals surface area contributed by atoms with Crippen LogP contribution in [0.4, 0.5) is 0 Å². The van der Waals surface area contributed by atoms with E-state index in [2.05, 4.69) is 69.2 Å². The Labute approximate surface area is 161 Å². The van der Waals surface area contributed by atoms with Gasteiger partial charge in [-0.05, 0) is 0 Å². The zero-order chi connectivity index (χ0) is 15.1. The Hall–Kier alpha value is -0.379. The van der Waals surface area contributed by atoms with Gasteiger partial charge in [-0.3, -0.25) is 0 Å². The van der Waals surface area contributed by atoms with Gasteiger partial charge in [-0.1, -0.05) is 0 Å². The van der Waals surface area contributed by atoms with E-state index in [-0.39, 0.29) is 44.0 Å². The second kappa shape index (κ2) is 8.13. The molecule has 0 fully saturated rings. The Morgan fingerprint density at radius 1 is 0.957 bits per heavy atom. The van der Waals surface area contributed by atoms with Crippen LogP contribution in [0.5, 0.6) is 0 Å². The Kier molecular flexibility index (Phi) is 7.31. The Balaban J connectivity index is 0.00000132. The van der Waals surface area contributed by atoms with Gasteiger partial charge in [-0.2, -0.15) is 0 Å². The van der Waals surface area contributed by atoms with E-state index < -0.39 is 8.41 Å². The molecule has 1 aliphatic carbocycles. The predicted molar refractivity (Wildman–Crippen MR) is 90.7 cm³/mol. The number of aromatic amines is 1. The molecule has 1 heterocycles. The summed E-state index contributed by atoms with van der Waals surface area (Å²) in [5, 5.41) is 4.56. The van der Waals surface area contributed by atoms with Gasteiger partial charge >= 0.3 is 137 Å². The molecule has 1 aliphatic rings. The zero-order valence-electron chi connectivity index (χ0n) is 14.1. The van der Waals surface area contributed by atoms with E-state index in [1.54, 1.807) is 9.05 Å². The van der Waals surface area contributed by atoms with Gasteiger partial charge in [-0.25, -0.2) is 0 Å². The minimum absolute atomic E-state index is 0. The molecule has 0 radical (unpaired) electrons. The molecule has 0 aliphatic heterocycles. The van der Waals surface area contributed by atoms with Crippen molar-refractivity contribution < 1.29 is 44.0 Å². The number of benzene rings is 1. The number of halogens is 2. The molecular formula is C18H21Cl2NSiTi. The third-order valence-electron chi connectivity index (χ3n) is 4.40. The third-order valence-corrected chi connectivity index (χ3v) is 8.67. The number of hydrogen-bond acceptors (Lipinski definition) is 0. The van der Waals surface area contributed by atoms with Crippen LogP contribution in [-0.2, 0) is 19.2 Å². The number of fused-ring (bicyclic) bond motifs is 1. The summed E-state index contributed by atoms with van der Waals surface area (Å²) in [6.07, 6.45) is 2.44. The van der Waals surface area contributed by atoms with E-state index in [1.807, 2.05) is 0 Å². The summed E-state index contributed by atoms with van der Waals surface area (Å²) in [6, 6.07) is 8.90. The maximum atomic E-state index is 3.65. The van der Waals surface area contributed by atoms with Crippen LogP contribution in [0.1, 0.15) is 16.8 Å². The molecule has 1 N–H and O–H groups in total. The Morgan fingerprint density at radius 3 is 2.17 bits per heavy atom. The summed E-state index contributed by atoms with van der Waals surface area (Å²) < 4.78 is 3.17. The number of aryl methyl sites for hydroxylation is 1. The Morgan fingerprint density at radius 2 is 1.61 bits per heavy atom. The molecular weight excluding hydrogens is 377 g/mol.